The van der Waals surface area contributed by atoms with Crippen LogP contribution in [0.25, 0.3) is 0 Å². The van der Waals surface area contributed by atoms with Crippen LogP contribution < -0.4 is 5.32 Å². The van der Waals surface area contributed by atoms with Gasteiger partial charge in [-0.05, 0) is 19.5 Å². The normalized spacial score (nSPS) is 29.0. The predicted octanol–water partition coefficient (Wildman–Crippen LogP) is 1.65. The standard InChI is InChI=1S/C12H18N2/c1-10-9-14(2)12(8-13-10)11-6-4-3-5-7-11/h3-7,10,12-13H,8-9H2,1-2H3/t10-,12?/m0/s1. The maximum Gasteiger partial charge on any atom is 0.0470 e. The van der Waals surface area contributed by atoms with E-state index in [4.69, 9.17) is 0 Å². The molecular formula is C12H18N2. The number of nitrogens with one attached hydrogen (secondary N) is 1. The highest BCUT2D eigenvalue weighted by Gasteiger charge is 2.23. The lowest BCUT2D eigenvalue weighted by Gasteiger charge is -2.37. The van der Waals surface area contributed by atoms with E-state index < -0.39 is 0 Å². The van der Waals surface area contributed by atoms with Gasteiger partial charge in [0.1, 0.15) is 0 Å². The van der Waals surface area contributed by atoms with Crippen molar-refractivity contribution in [2.24, 2.45) is 0 Å². The molecule has 0 spiro atoms. The summed E-state index contributed by atoms with van der Waals surface area (Å²) >= 11 is 0. The Bertz CT molecular complexity index is 284. The van der Waals surface area contributed by atoms with Crippen LogP contribution in [0.1, 0.15) is 18.5 Å². The van der Waals surface area contributed by atoms with Gasteiger partial charge in [-0.3, -0.25) is 4.90 Å². The van der Waals surface area contributed by atoms with E-state index in [0.29, 0.717) is 12.1 Å². The number of nitrogens with zero attached hydrogens (tertiary/aromatic N) is 1. The number of likely N-dealkylation sites (N-methyl/N-ethyl adjacent to an activating group) is 1. The van der Waals surface area contributed by atoms with E-state index in [9.17, 15) is 0 Å². The summed E-state index contributed by atoms with van der Waals surface area (Å²) in [5.74, 6) is 0. The van der Waals surface area contributed by atoms with Crippen LogP contribution in [0.4, 0.5) is 0 Å². The average molecular weight is 190 g/mol. The van der Waals surface area contributed by atoms with Gasteiger partial charge in [0, 0.05) is 25.2 Å². The highest BCUT2D eigenvalue weighted by atomic mass is 15.2. The van der Waals surface area contributed by atoms with Gasteiger partial charge in [0.15, 0.2) is 0 Å². The Morgan fingerprint density at radius 3 is 2.64 bits per heavy atom. The van der Waals surface area contributed by atoms with Crippen molar-refractivity contribution in [3.05, 3.63) is 35.9 Å². The highest BCUT2D eigenvalue weighted by molar-refractivity contribution is 5.20. The zero-order valence-electron chi connectivity index (χ0n) is 8.90. The summed E-state index contributed by atoms with van der Waals surface area (Å²) in [6.07, 6.45) is 0. The van der Waals surface area contributed by atoms with Crippen LogP contribution in [0.15, 0.2) is 30.3 Å². The van der Waals surface area contributed by atoms with Gasteiger partial charge in [0.2, 0.25) is 0 Å². The van der Waals surface area contributed by atoms with Crippen LogP contribution >= 0.6 is 0 Å². The Labute approximate surface area is 85.9 Å². The molecule has 1 aromatic carbocycles. The monoisotopic (exact) mass is 190 g/mol. The molecule has 0 amide bonds. The number of hydrogen-bond acceptors (Lipinski definition) is 2. The number of rotatable bonds is 1. The fourth-order valence-electron chi connectivity index (χ4n) is 2.14. The summed E-state index contributed by atoms with van der Waals surface area (Å²) in [4.78, 5) is 2.43. The molecule has 0 radical (unpaired) electrons. The van der Waals surface area contributed by atoms with Gasteiger partial charge in [-0.15, -0.1) is 0 Å². The molecule has 2 nitrogen and oxygen atoms in total. The van der Waals surface area contributed by atoms with Crippen LogP contribution in [0, 0.1) is 0 Å². The highest BCUT2D eigenvalue weighted by Crippen LogP contribution is 2.21. The van der Waals surface area contributed by atoms with Crippen molar-refractivity contribution in [3.63, 3.8) is 0 Å². The van der Waals surface area contributed by atoms with E-state index in [1.807, 2.05) is 0 Å². The van der Waals surface area contributed by atoms with E-state index >= 15 is 0 Å². The molecule has 1 aromatic rings. The van der Waals surface area contributed by atoms with Crippen LogP contribution in [-0.2, 0) is 0 Å². The van der Waals surface area contributed by atoms with Gasteiger partial charge in [-0.1, -0.05) is 30.3 Å². The average Bonchev–Trinajstić information content (AvgIpc) is 2.19. The number of piperazine rings is 1. The molecule has 14 heavy (non-hydrogen) atoms. The van der Waals surface area contributed by atoms with Crippen molar-refractivity contribution in [3.8, 4) is 0 Å². The zero-order chi connectivity index (χ0) is 9.97. The van der Waals surface area contributed by atoms with Crippen molar-refractivity contribution in [2.45, 2.75) is 19.0 Å². The Morgan fingerprint density at radius 1 is 1.29 bits per heavy atom. The molecular weight excluding hydrogens is 172 g/mol. The Kier molecular flexibility index (Phi) is 2.85. The molecule has 1 heterocycles. The topological polar surface area (TPSA) is 15.3 Å². The van der Waals surface area contributed by atoms with Gasteiger partial charge in [0.05, 0.1) is 0 Å². The molecule has 0 saturated carbocycles. The first kappa shape index (κ1) is 9.69. The second-order valence-corrected chi connectivity index (χ2v) is 4.18. The summed E-state index contributed by atoms with van der Waals surface area (Å²) in [5, 5.41) is 3.52. The molecule has 2 heteroatoms. The van der Waals surface area contributed by atoms with Crippen molar-refractivity contribution in [2.75, 3.05) is 20.1 Å². The largest absolute Gasteiger partial charge is 0.311 e. The molecule has 1 aliphatic heterocycles. The number of hydrogen-bond donors (Lipinski definition) is 1. The van der Waals surface area contributed by atoms with Crippen molar-refractivity contribution in [1.82, 2.24) is 10.2 Å². The summed E-state index contributed by atoms with van der Waals surface area (Å²) in [5.41, 5.74) is 1.41. The molecule has 2 rings (SSSR count). The second kappa shape index (κ2) is 4.11. The summed E-state index contributed by atoms with van der Waals surface area (Å²) < 4.78 is 0. The van der Waals surface area contributed by atoms with E-state index in [1.165, 1.54) is 5.56 Å². The van der Waals surface area contributed by atoms with Crippen LogP contribution in [0.2, 0.25) is 0 Å². The van der Waals surface area contributed by atoms with Crippen LogP contribution in [0.5, 0.6) is 0 Å². The lowest BCUT2D eigenvalue weighted by Crippen LogP contribution is -2.49. The summed E-state index contributed by atoms with van der Waals surface area (Å²) in [6.45, 7) is 4.42. The first-order chi connectivity index (χ1) is 6.77. The minimum atomic E-state index is 0.535. The maximum absolute atomic E-state index is 3.52. The minimum Gasteiger partial charge on any atom is -0.311 e. The second-order valence-electron chi connectivity index (χ2n) is 4.18. The van der Waals surface area contributed by atoms with E-state index in [2.05, 4.69) is 54.5 Å². The molecule has 0 aliphatic carbocycles. The molecule has 76 valence electrons. The Balaban J connectivity index is 2.12. The fourth-order valence-corrected chi connectivity index (χ4v) is 2.14. The number of benzene rings is 1. The third-order valence-corrected chi connectivity index (χ3v) is 2.94. The van der Waals surface area contributed by atoms with Gasteiger partial charge in [-0.2, -0.15) is 0 Å². The molecule has 2 atom stereocenters. The third-order valence-electron chi connectivity index (χ3n) is 2.94. The smallest absolute Gasteiger partial charge is 0.0470 e. The van der Waals surface area contributed by atoms with E-state index in [1.54, 1.807) is 0 Å². The fraction of sp³-hybridized carbons (Fsp3) is 0.500. The first-order valence-electron chi connectivity index (χ1n) is 5.26. The Hall–Kier alpha value is -0.860. The van der Waals surface area contributed by atoms with Crippen molar-refractivity contribution < 1.29 is 0 Å². The Morgan fingerprint density at radius 2 is 2.00 bits per heavy atom. The molecule has 1 aliphatic rings. The van der Waals surface area contributed by atoms with Crippen LogP contribution in [0.3, 0.4) is 0 Å². The van der Waals surface area contributed by atoms with Gasteiger partial charge in [0.25, 0.3) is 0 Å². The molecule has 1 saturated heterocycles. The lowest BCUT2D eigenvalue weighted by atomic mass is 10.0. The van der Waals surface area contributed by atoms with Crippen LogP contribution in [-0.4, -0.2) is 31.1 Å². The SMILES string of the molecule is C[C@H]1CN(C)C(c2ccccc2)CN1. The van der Waals surface area contributed by atoms with Crippen molar-refractivity contribution in [1.29, 1.82) is 0 Å². The van der Waals surface area contributed by atoms with E-state index in [-0.39, 0.29) is 0 Å². The predicted molar refractivity (Wildman–Crippen MR) is 59.3 cm³/mol. The van der Waals surface area contributed by atoms with Gasteiger partial charge < -0.3 is 5.32 Å². The van der Waals surface area contributed by atoms with E-state index in [0.717, 1.165) is 13.1 Å². The van der Waals surface area contributed by atoms with Crippen molar-refractivity contribution >= 4 is 0 Å². The quantitative estimate of drug-likeness (QED) is 0.724. The summed E-state index contributed by atoms with van der Waals surface area (Å²) in [7, 11) is 2.20. The first-order valence-corrected chi connectivity index (χ1v) is 5.26. The molecule has 1 fully saturated rings. The third kappa shape index (κ3) is 1.97. The molecule has 1 N–H and O–H groups in total. The minimum absolute atomic E-state index is 0.535. The molecule has 0 aromatic heterocycles. The lowest BCUT2D eigenvalue weighted by molar-refractivity contribution is 0.171. The zero-order valence-corrected chi connectivity index (χ0v) is 8.90. The molecule has 1 unspecified atom stereocenters. The summed E-state index contributed by atoms with van der Waals surface area (Å²) in [6, 6.07) is 11.9. The van der Waals surface area contributed by atoms with Gasteiger partial charge in [-0.25, -0.2) is 0 Å². The van der Waals surface area contributed by atoms with Gasteiger partial charge >= 0.3 is 0 Å². The molecule has 0 bridgehead atoms. The maximum atomic E-state index is 3.52.